The molecule has 2 heterocycles. The quantitative estimate of drug-likeness (QED) is 0.934. The fourth-order valence-corrected chi connectivity index (χ4v) is 3.96. The van der Waals surface area contributed by atoms with E-state index in [1.165, 1.54) is 16.9 Å². The molecule has 3 nitrogen and oxygen atoms in total. The molecule has 0 bridgehead atoms. The van der Waals surface area contributed by atoms with Crippen molar-refractivity contribution in [1.29, 1.82) is 0 Å². The van der Waals surface area contributed by atoms with Crippen LogP contribution >= 0.6 is 23.7 Å². The van der Waals surface area contributed by atoms with E-state index in [1.807, 2.05) is 34.5 Å². The second kappa shape index (κ2) is 7.27. The monoisotopic (exact) mass is 336 g/mol. The van der Waals surface area contributed by atoms with E-state index in [9.17, 15) is 4.79 Å². The molecule has 2 N–H and O–H groups in total. The Balaban J connectivity index is 0.00000176. The molecule has 118 valence electrons. The highest BCUT2D eigenvalue weighted by atomic mass is 35.5. The topological polar surface area (TPSA) is 46.3 Å². The molecule has 0 unspecified atom stereocenters. The number of hydrogen-bond donors (Lipinski definition) is 1. The van der Waals surface area contributed by atoms with Crippen LogP contribution in [0.15, 0.2) is 41.8 Å². The fourth-order valence-electron chi connectivity index (χ4n) is 2.99. The number of thiophene rings is 1. The van der Waals surface area contributed by atoms with Gasteiger partial charge in [0.2, 0.25) is 0 Å². The predicted molar refractivity (Wildman–Crippen MR) is 94.0 cm³/mol. The maximum atomic E-state index is 12.7. The first-order valence-electron chi connectivity index (χ1n) is 7.37. The molecule has 1 fully saturated rings. The first kappa shape index (κ1) is 17.0. The van der Waals surface area contributed by atoms with Gasteiger partial charge >= 0.3 is 0 Å². The number of hydrogen-bond acceptors (Lipinski definition) is 3. The van der Waals surface area contributed by atoms with E-state index >= 15 is 0 Å². The summed E-state index contributed by atoms with van der Waals surface area (Å²) in [6.07, 6.45) is 0.895. The molecule has 1 amide bonds. The Hall–Kier alpha value is -1.36. The Bertz CT molecular complexity index is 629. The lowest BCUT2D eigenvalue weighted by atomic mass is 9.95. The molecule has 1 aromatic carbocycles. The number of nitrogens with two attached hydrogens (primary N) is 1. The number of aryl methyl sites for hydroxylation is 1. The average Bonchev–Trinajstić information content (AvgIpc) is 3.13. The summed E-state index contributed by atoms with van der Waals surface area (Å²) in [6.45, 7) is 3.44. The van der Waals surface area contributed by atoms with Gasteiger partial charge < -0.3 is 10.6 Å². The third kappa shape index (κ3) is 3.19. The molecule has 2 atom stereocenters. The van der Waals surface area contributed by atoms with Gasteiger partial charge in [0.1, 0.15) is 0 Å². The van der Waals surface area contributed by atoms with Crippen molar-refractivity contribution in [3.8, 4) is 0 Å². The van der Waals surface area contributed by atoms with E-state index in [2.05, 4.69) is 19.1 Å². The van der Waals surface area contributed by atoms with Gasteiger partial charge in [-0.1, -0.05) is 37.3 Å². The normalized spacial score (nSPS) is 20.7. The Morgan fingerprint density at radius 1 is 1.27 bits per heavy atom. The van der Waals surface area contributed by atoms with Crippen molar-refractivity contribution in [1.82, 2.24) is 4.90 Å². The molecule has 5 heteroatoms. The third-order valence-electron chi connectivity index (χ3n) is 4.20. The highest BCUT2D eigenvalue weighted by Crippen LogP contribution is 2.29. The molecule has 1 aliphatic heterocycles. The van der Waals surface area contributed by atoms with E-state index in [-0.39, 0.29) is 30.3 Å². The van der Waals surface area contributed by atoms with Gasteiger partial charge in [-0.3, -0.25) is 4.79 Å². The van der Waals surface area contributed by atoms with Crippen molar-refractivity contribution < 1.29 is 4.79 Å². The number of amides is 1. The number of nitrogens with zero attached hydrogens (tertiary/aromatic N) is 1. The van der Waals surface area contributed by atoms with Crippen LogP contribution in [0.3, 0.4) is 0 Å². The summed E-state index contributed by atoms with van der Waals surface area (Å²) in [4.78, 5) is 15.5. The zero-order valence-corrected chi connectivity index (χ0v) is 14.2. The minimum Gasteiger partial charge on any atom is -0.336 e. The van der Waals surface area contributed by atoms with Crippen LogP contribution in [0.25, 0.3) is 0 Å². The van der Waals surface area contributed by atoms with Gasteiger partial charge in [0.05, 0.1) is 4.88 Å². The number of rotatable bonds is 3. The molecule has 22 heavy (non-hydrogen) atoms. The number of carbonyl (C=O) groups is 1. The van der Waals surface area contributed by atoms with Crippen LogP contribution in [0.1, 0.15) is 33.6 Å². The van der Waals surface area contributed by atoms with Gasteiger partial charge in [-0.25, -0.2) is 0 Å². The van der Waals surface area contributed by atoms with Crippen molar-refractivity contribution in [2.24, 2.45) is 5.73 Å². The zero-order chi connectivity index (χ0) is 14.8. The highest BCUT2D eigenvalue weighted by Gasteiger charge is 2.34. The first-order valence-corrected chi connectivity index (χ1v) is 8.24. The SMILES string of the molecule is CCc1ccsc1C(=O)N1C[C@@H](N)[C@H](c2ccccc2)C1.Cl. The molecule has 2 aromatic rings. The summed E-state index contributed by atoms with van der Waals surface area (Å²) in [6, 6.07) is 12.3. The predicted octanol–water partition coefficient (Wildman–Crippen LogP) is 3.30. The molecule has 1 aromatic heterocycles. The Morgan fingerprint density at radius 3 is 2.68 bits per heavy atom. The summed E-state index contributed by atoms with van der Waals surface area (Å²) in [5.74, 6) is 0.371. The molecule has 0 aliphatic carbocycles. The lowest BCUT2D eigenvalue weighted by molar-refractivity contribution is 0.0793. The summed E-state index contributed by atoms with van der Waals surface area (Å²) < 4.78 is 0. The minimum absolute atomic E-state index is 0. The Labute approximate surface area is 141 Å². The number of likely N-dealkylation sites (tertiary alicyclic amines) is 1. The van der Waals surface area contributed by atoms with Crippen molar-refractivity contribution in [3.05, 3.63) is 57.8 Å². The largest absolute Gasteiger partial charge is 0.336 e. The van der Waals surface area contributed by atoms with Crippen LogP contribution < -0.4 is 5.73 Å². The number of halogens is 1. The Morgan fingerprint density at radius 2 is 2.00 bits per heavy atom. The van der Waals surface area contributed by atoms with E-state index in [0.29, 0.717) is 13.1 Å². The van der Waals surface area contributed by atoms with E-state index in [4.69, 9.17) is 5.73 Å². The fraction of sp³-hybridized carbons (Fsp3) is 0.353. The zero-order valence-electron chi connectivity index (χ0n) is 12.6. The molecular formula is C17H21ClN2OS. The van der Waals surface area contributed by atoms with Crippen molar-refractivity contribution in [2.45, 2.75) is 25.3 Å². The van der Waals surface area contributed by atoms with Gasteiger partial charge in [-0.2, -0.15) is 0 Å². The second-order valence-electron chi connectivity index (χ2n) is 5.52. The van der Waals surface area contributed by atoms with Gasteiger partial charge in [-0.15, -0.1) is 23.7 Å². The standard InChI is InChI=1S/C17H20N2OS.ClH/c1-2-12-8-9-21-16(12)17(20)19-10-14(15(18)11-19)13-6-4-3-5-7-13;/h3-9,14-15H,2,10-11,18H2,1H3;1H/t14-,15+;/m0./s1. The number of benzene rings is 1. The van der Waals surface area contributed by atoms with Gasteiger partial charge in [0.15, 0.2) is 0 Å². The molecule has 3 rings (SSSR count). The lowest BCUT2D eigenvalue weighted by Gasteiger charge is -2.16. The van der Waals surface area contributed by atoms with Gasteiger partial charge in [0, 0.05) is 25.0 Å². The molecular weight excluding hydrogens is 316 g/mol. The van der Waals surface area contributed by atoms with Crippen LogP contribution in [0.4, 0.5) is 0 Å². The molecule has 0 spiro atoms. The Kier molecular flexibility index (Phi) is 5.62. The molecule has 0 saturated carbocycles. The van der Waals surface area contributed by atoms with Crippen molar-refractivity contribution in [2.75, 3.05) is 13.1 Å². The maximum Gasteiger partial charge on any atom is 0.264 e. The summed E-state index contributed by atoms with van der Waals surface area (Å²) in [7, 11) is 0. The maximum absolute atomic E-state index is 12.7. The van der Waals surface area contributed by atoms with Gasteiger partial charge in [-0.05, 0) is 29.0 Å². The van der Waals surface area contributed by atoms with E-state index in [0.717, 1.165) is 16.9 Å². The van der Waals surface area contributed by atoms with Gasteiger partial charge in [0.25, 0.3) is 5.91 Å². The van der Waals surface area contributed by atoms with Crippen LogP contribution in [0, 0.1) is 0 Å². The first-order chi connectivity index (χ1) is 10.2. The third-order valence-corrected chi connectivity index (χ3v) is 5.15. The van der Waals surface area contributed by atoms with Crippen LogP contribution in [0.2, 0.25) is 0 Å². The molecule has 1 aliphatic rings. The number of carbonyl (C=O) groups excluding carboxylic acids is 1. The van der Waals surface area contributed by atoms with Crippen LogP contribution in [-0.4, -0.2) is 29.9 Å². The van der Waals surface area contributed by atoms with Crippen LogP contribution in [0.5, 0.6) is 0 Å². The summed E-state index contributed by atoms with van der Waals surface area (Å²) >= 11 is 1.54. The smallest absolute Gasteiger partial charge is 0.264 e. The molecule has 1 saturated heterocycles. The van der Waals surface area contributed by atoms with Crippen molar-refractivity contribution in [3.63, 3.8) is 0 Å². The average molecular weight is 337 g/mol. The van der Waals surface area contributed by atoms with Crippen molar-refractivity contribution >= 4 is 29.7 Å². The second-order valence-corrected chi connectivity index (χ2v) is 6.44. The summed E-state index contributed by atoms with van der Waals surface area (Å²) in [5.41, 5.74) is 8.64. The van der Waals surface area contributed by atoms with E-state index in [1.54, 1.807) is 0 Å². The summed E-state index contributed by atoms with van der Waals surface area (Å²) in [5, 5.41) is 2.00. The lowest BCUT2D eigenvalue weighted by Crippen LogP contribution is -2.32. The van der Waals surface area contributed by atoms with E-state index < -0.39 is 0 Å². The molecule has 0 radical (unpaired) electrons. The minimum atomic E-state index is 0. The highest BCUT2D eigenvalue weighted by molar-refractivity contribution is 7.12. The van der Waals surface area contributed by atoms with Crippen LogP contribution in [-0.2, 0) is 6.42 Å².